The molecular weight excluding hydrogens is 178 g/mol. The average molecular weight is 194 g/mol. The van der Waals surface area contributed by atoms with Crippen LogP contribution < -0.4 is 0 Å². The number of quaternary nitrogens is 1. The number of aliphatic hydroxyl groups excluding tert-OH is 1. The molecule has 0 aromatic carbocycles. The van der Waals surface area contributed by atoms with Crippen molar-refractivity contribution in [2.24, 2.45) is 0 Å². The van der Waals surface area contributed by atoms with Crippen molar-refractivity contribution in [2.45, 2.75) is 12.1 Å². The van der Waals surface area contributed by atoms with E-state index in [9.17, 15) is 13.5 Å². The fraction of sp³-hybridized carbons (Fsp3) is 1.00. The Kier molecular flexibility index (Phi) is 2.22. The van der Waals surface area contributed by atoms with Crippen molar-refractivity contribution in [1.29, 1.82) is 0 Å². The van der Waals surface area contributed by atoms with Gasteiger partial charge in [-0.15, -0.1) is 0 Å². The van der Waals surface area contributed by atoms with Gasteiger partial charge >= 0.3 is 0 Å². The van der Waals surface area contributed by atoms with Gasteiger partial charge in [0.05, 0.1) is 26.9 Å². The largest absolute Gasteiger partial charge is 0.386 e. The number of rotatable bonds is 1. The molecule has 0 radical (unpaired) electrons. The lowest BCUT2D eigenvalue weighted by molar-refractivity contribution is -0.896. The topological polar surface area (TPSA) is 54.4 Å². The smallest absolute Gasteiger partial charge is 0.159 e. The van der Waals surface area contributed by atoms with E-state index in [1.165, 1.54) is 0 Å². The molecule has 12 heavy (non-hydrogen) atoms. The zero-order chi connectivity index (χ0) is 9.57. The summed E-state index contributed by atoms with van der Waals surface area (Å²) in [5.74, 6) is 0.0326. The van der Waals surface area contributed by atoms with Crippen molar-refractivity contribution in [1.82, 2.24) is 0 Å². The van der Waals surface area contributed by atoms with Crippen LogP contribution in [0.1, 0.15) is 0 Å². The number of sulfone groups is 1. The van der Waals surface area contributed by atoms with E-state index in [1.54, 1.807) is 0 Å². The zero-order valence-corrected chi connectivity index (χ0v) is 8.50. The van der Waals surface area contributed by atoms with Gasteiger partial charge in [-0.05, 0) is 0 Å². The molecule has 0 aromatic rings. The summed E-state index contributed by atoms with van der Waals surface area (Å²) < 4.78 is 22.8. The minimum atomic E-state index is -2.99. The Hall–Kier alpha value is -0.130. The monoisotopic (exact) mass is 194 g/mol. The average Bonchev–Trinajstić information content (AvgIpc) is 2.03. The lowest BCUT2D eigenvalue weighted by atomic mass is 10.2. The predicted octanol–water partition coefficient (Wildman–Crippen LogP) is -1.15. The van der Waals surface area contributed by atoms with E-state index < -0.39 is 15.9 Å². The maximum atomic E-state index is 11.1. The molecule has 4 nitrogen and oxygen atoms in total. The van der Waals surface area contributed by atoms with E-state index >= 15 is 0 Å². The lowest BCUT2D eigenvalue weighted by Crippen LogP contribution is -2.51. The Morgan fingerprint density at radius 2 is 1.75 bits per heavy atom. The Morgan fingerprint density at radius 1 is 1.25 bits per heavy atom. The molecule has 72 valence electrons. The van der Waals surface area contributed by atoms with Crippen LogP contribution in [-0.2, 0) is 9.84 Å². The highest BCUT2D eigenvalue weighted by Gasteiger charge is 2.44. The van der Waals surface area contributed by atoms with Crippen molar-refractivity contribution in [3.63, 3.8) is 0 Å². The molecule has 1 aliphatic heterocycles. The molecule has 5 heteroatoms. The van der Waals surface area contributed by atoms with Gasteiger partial charge in [-0.1, -0.05) is 0 Å². The highest BCUT2D eigenvalue weighted by molar-refractivity contribution is 7.91. The second-order valence-electron chi connectivity index (χ2n) is 4.33. The third kappa shape index (κ3) is 1.97. The van der Waals surface area contributed by atoms with Crippen molar-refractivity contribution in [2.75, 3.05) is 32.6 Å². The quantitative estimate of drug-likeness (QED) is 0.536. The molecule has 1 saturated heterocycles. The van der Waals surface area contributed by atoms with Crippen molar-refractivity contribution >= 4 is 9.84 Å². The summed E-state index contributed by atoms with van der Waals surface area (Å²) >= 11 is 0. The second-order valence-corrected chi connectivity index (χ2v) is 6.48. The van der Waals surface area contributed by atoms with Crippen LogP contribution in [-0.4, -0.2) is 62.8 Å². The van der Waals surface area contributed by atoms with Crippen LogP contribution in [0, 0.1) is 0 Å². The third-order valence-electron chi connectivity index (χ3n) is 2.29. The van der Waals surface area contributed by atoms with Gasteiger partial charge in [0.1, 0.15) is 17.9 Å². The Morgan fingerprint density at radius 3 is 1.92 bits per heavy atom. The summed E-state index contributed by atoms with van der Waals surface area (Å²) in [4.78, 5) is 0. The molecule has 0 unspecified atom stereocenters. The molecule has 1 aliphatic rings. The molecule has 1 rings (SSSR count). The number of hydrogen-bond donors (Lipinski definition) is 1. The van der Waals surface area contributed by atoms with Crippen LogP contribution in [0.15, 0.2) is 0 Å². The Bertz CT molecular complexity index is 265. The summed E-state index contributed by atoms with van der Waals surface area (Å²) in [6.45, 7) is 0. The first-order valence-corrected chi connectivity index (χ1v) is 5.74. The highest BCUT2D eigenvalue weighted by atomic mass is 32.2. The van der Waals surface area contributed by atoms with Crippen molar-refractivity contribution in [3.8, 4) is 0 Å². The molecule has 1 heterocycles. The Labute approximate surface area is 73.3 Å². The Balaban J connectivity index is 2.85. The van der Waals surface area contributed by atoms with Gasteiger partial charge in [0.15, 0.2) is 9.84 Å². The molecule has 0 aromatic heterocycles. The van der Waals surface area contributed by atoms with Crippen molar-refractivity contribution in [3.05, 3.63) is 0 Å². The van der Waals surface area contributed by atoms with Gasteiger partial charge in [-0.3, -0.25) is 0 Å². The van der Waals surface area contributed by atoms with E-state index in [1.807, 2.05) is 21.1 Å². The van der Waals surface area contributed by atoms with E-state index in [2.05, 4.69) is 0 Å². The molecule has 0 bridgehead atoms. The summed E-state index contributed by atoms with van der Waals surface area (Å²) in [6.07, 6.45) is -0.699. The summed E-state index contributed by atoms with van der Waals surface area (Å²) in [6, 6.07) is -0.171. The zero-order valence-electron chi connectivity index (χ0n) is 7.69. The molecular formula is C7H16NO3S+. The van der Waals surface area contributed by atoms with Crippen molar-refractivity contribution < 1.29 is 18.0 Å². The summed E-state index contributed by atoms with van der Waals surface area (Å²) in [5.41, 5.74) is 0. The first kappa shape index (κ1) is 9.95. The van der Waals surface area contributed by atoms with E-state index in [0.717, 1.165) is 0 Å². The molecule has 1 fully saturated rings. The van der Waals surface area contributed by atoms with Gasteiger partial charge in [-0.2, -0.15) is 0 Å². The molecule has 2 atom stereocenters. The molecule has 0 aliphatic carbocycles. The number of hydrogen-bond acceptors (Lipinski definition) is 3. The van der Waals surface area contributed by atoms with Crippen LogP contribution in [0.3, 0.4) is 0 Å². The third-order valence-corrected chi connectivity index (χ3v) is 3.99. The standard InChI is InChI=1S/C7H16NO3S/c1-8(2,3)6-4-12(10,11)5-7(6)9/h6-7,9H,4-5H2,1-3H3/q+1/t6-,7+/m0/s1. The maximum absolute atomic E-state index is 11.1. The van der Waals surface area contributed by atoms with Gasteiger partial charge < -0.3 is 9.59 Å². The number of nitrogens with zero attached hydrogens (tertiary/aromatic N) is 1. The molecule has 0 spiro atoms. The molecule has 0 amide bonds. The van der Waals surface area contributed by atoms with E-state index in [-0.39, 0.29) is 17.5 Å². The van der Waals surface area contributed by atoms with E-state index in [4.69, 9.17) is 0 Å². The number of likely N-dealkylation sites (N-methyl/N-ethyl adjacent to an activating group) is 1. The summed E-state index contributed by atoms with van der Waals surface area (Å²) in [5, 5.41) is 9.47. The van der Waals surface area contributed by atoms with Gasteiger partial charge in [-0.25, -0.2) is 8.42 Å². The van der Waals surface area contributed by atoms with Gasteiger partial charge in [0, 0.05) is 0 Å². The summed E-state index contributed by atoms with van der Waals surface area (Å²) in [7, 11) is 2.70. The minimum Gasteiger partial charge on any atom is -0.386 e. The highest BCUT2D eigenvalue weighted by Crippen LogP contribution is 2.19. The molecule has 0 saturated carbocycles. The SMILES string of the molecule is C[N+](C)(C)[C@H]1CS(=O)(=O)C[C@H]1O. The fourth-order valence-corrected chi connectivity index (χ4v) is 3.62. The van der Waals surface area contributed by atoms with Crippen LogP contribution in [0.2, 0.25) is 0 Å². The van der Waals surface area contributed by atoms with Crippen LogP contribution >= 0.6 is 0 Å². The second kappa shape index (κ2) is 2.68. The maximum Gasteiger partial charge on any atom is 0.159 e. The lowest BCUT2D eigenvalue weighted by Gasteiger charge is -2.32. The van der Waals surface area contributed by atoms with Crippen LogP contribution in [0.5, 0.6) is 0 Å². The van der Waals surface area contributed by atoms with E-state index in [0.29, 0.717) is 4.48 Å². The van der Waals surface area contributed by atoms with Crippen LogP contribution in [0.25, 0.3) is 0 Å². The first-order chi connectivity index (χ1) is 5.22. The van der Waals surface area contributed by atoms with Gasteiger partial charge in [0.25, 0.3) is 0 Å². The normalized spacial score (nSPS) is 35.3. The minimum absolute atomic E-state index is 0.0762. The molecule has 1 N–H and O–H groups in total. The number of aliphatic hydroxyl groups is 1. The predicted molar refractivity (Wildman–Crippen MR) is 46.5 cm³/mol. The first-order valence-electron chi connectivity index (χ1n) is 3.92. The van der Waals surface area contributed by atoms with Gasteiger partial charge in [0.2, 0.25) is 0 Å². The van der Waals surface area contributed by atoms with Crippen LogP contribution in [0.4, 0.5) is 0 Å². The fourth-order valence-electron chi connectivity index (χ4n) is 1.55.